The number of aliphatic hydroxyl groups is 1. The van der Waals surface area contributed by atoms with Gasteiger partial charge < -0.3 is 11.1 Å². The van der Waals surface area contributed by atoms with Gasteiger partial charge in [0.05, 0.1) is 12.5 Å². The first kappa shape index (κ1) is 8.35. The molecule has 1 aliphatic rings. The SMILES string of the molecule is OC1CCOP1.[H-].[Na+]. The summed E-state index contributed by atoms with van der Waals surface area (Å²) in [5.74, 6) is -0.148. The third-order valence-electron chi connectivity index (χ3n) is 0.713. The van der Waals surface area contributed by atoms with Crippen LogP contribution in [0.25, 0.3) is 0 Å². The normalized spacial score (nSPS) is 33.0. The third kappa shape index (κ3) is 3.02. The van der Waals surface area contributed by atoms with Gasteiger partial charge in [0.1, 0.15) is 0 Å². The molecule has 2 unspecified atom stereocenters. The van der Waals surface area contributed by atoms with Crippen molar-refractivity contribution >= 4 is 8.81 Å². The summed E-state index contributed by atoms with van der Waals surface area (Å²) in [6.45, 7) is 0.750. The Bertz CT molecular complexity index is 50.5. The van der Waals surface area contributed by atoms with E-state index in [1.54, 1.807) is 0 Å². The van der Waals surface area contributed by atoms with Gasteiger partial charge in [-0.1, -0.05) is 0 Å². The topological polar surface area (TPSA) is 29.5 Å². The maximum atomic E-state index is 8.62. The second kappa shape index (κ2) is 4.25. The fraction of sp³-hybridized carbons (Fsp3) is 1.00. The van der Waals surface area contributed by atoms with Gasteiger partial charge in [0.25, 0.3) is 0 Å². The van der Waals surface area contributed by atoms with Crippen LogP contribution in [0.3, 0.4) is 0 Å². The monoisotopic (exact) mass is 130 g/mol. The molecule has 1 N–H and O–H groups in total. The van der Waals surface area contributed by atoms with Gasteiger partial charge in [-0.15, -0.1) is 0 Å². The average molecular weight is 130 g/mol. The Kier molecular flexibility index (Phi) is 5.07. The molecular formula is C3H8NaO2P. The van der Waals surface area contributed by atoms with Gasteiger partial charge in [-0.25, -0.2) is 0 Å². The van der Waals surface area contributed by atoms with Crippen LogP contribution in [0.1, 0.15) is 7.85 Å². The van der Waals surface area contributed by atoms with E-state index >= 15 is 0 Å². The summed E-state index contributed by atoms with van der Waals surface area (Å²) in [4.78, 5) is 0. The van der Waals surface area contributed by atoms with Crippen molar-refractivity contribution < 1.29 is 40.6 Å². The van der Waals surface area contributed by atoms with Crippen LogP contribution < -0.4 is 29.6 Å². The Morgan fingerprint density at radius 2 is 2.57 bits per heavy atom. The van der Waals surface area contributed by atoms with E-state index in [1.165, 1.54) is 0 Å². The smallest absolute Gasteiger partial charge is 1.00 e. The summed E-state index contributed by atoms with van der Waals surface area (Å²) in [5.41, 5.74) is 0. The molecule has 0 aromatic heterocycles. The molecule has 2 nitrogen and oxygen atoms in total. The van der Waals surface area contributed by atoms with Crippen LogP contribution in [0.5, 0.6) is 0 Å². The van der Waals surface area contributed by atoms with Gasteiger partial charge in [-0.2, -0.15) is 0 Å². The largest absolute Gasteiger partial charge is 1.00 e. The first-order chi connectivity index (χ1) is 2.89. The number of hydrogen-bond donors (Lipinski definition) is 1. The molecular weight excluding hydrogens is 122 g/mol. The van der Waals surface area contributed by atoms with Crippen LogP contribution in [0.4, 0.5) is 0 Å². The molecule has 0 bridgehead atoms. The molecule has 4 heteroatoms. The molecule has 0 aromatic carbocycles. The Hall–Kier alpha value is 1.35. The van der Waals surface area contributed by atoms with Crippen molar-refractivity contribution in [2.45, 2.75) is 12.3 Å². The summed E-state index contributed by atoms with van der Waals surface area (Å²) >= 11 is 0. The van der Waals surface area contributed by atoms with Crippen LogP contribution in [0, 0.1) is 0 Å². The number of hydrogen-bond acceptors (Lipinski definition) is 2. The Labute approximate surface area is 68.3 Å². The Morgan fingerprint density at radius 3 is 2.71 bits per heavy atom. The van der Waals surface area contributed by atoms with Crippen LogP contribution in [0.2, 0.25) is 0 Å². The van der Waals surface area contributed by atoms with Crippen LogP contribution in [0.15, 0.2) is 0 Å². The minimum absolute atomic E-state index is 0. The zero-order chi connectivity index (χ0) is 4.41. The molecule has 1 heterocycles. The zero-order valence-corrected chi connectivity index (χ0v) is 7.35. The third-order valence-corrected chi connectivity index (χ3v) is 1.64. The van der Waals surface area contributed by atoms with Gasteiger partial charge >= 0.3 is 29.6 Å². The molecule has 0 aromatic rings. The van der Waals surface area contributed by atoms with Crippen molar-refractivity contribution in [1.29, 1.82) is 0 Å². The summed E-state index contributed by atoms with van der Waals surface area (Å²) < 4.78 is 4.83. The molecule has 2 atom stereocenters. The second-order valence-electron chi connectivity index (χ2n) is 1.27. The predicted octanol–water partition coefficient (Wildman–Crippen LogP) is -2.56. The van der Waals surface area contributed by atoms with Gasteiger partial charge in [-0.3, -0.25) is 0 Å². The maximum Gasteiger partial charge on any atom is 1.00 e. The second-order valence-corrected chi connectivity index (χ2v) is 2.46. The van der Waals surface area contributed by atoms with Crippen LogP contribution in [-0.2, 0) is 4.52 Å². The van der Waals surface area contributed by atoms with E-state index < -0.39 is 0 Å². The fourth-order valence-electron chi connectivity index (χ4n) is 0.385. The molecule has 0 aliphatic carbocycles. The standard InChI is InChI=1S/C3H7O2P.Na.H/c4-3-1-2-5-6-3;;/h3-4,6H,1-2H2;;/q;+1;-1. The zero-order valence-electron chi connectivity index (χ0n) is 5.35. The molecule has 0 radical (unpaired) electrons. The summed E-state index contributed by atoms with van der Waals surface area (Å²) in [7, 11) is 0.338. The maximum absolute atomic E-state index is 8.62. The molecule has 1 rings (SSSR count). The summed E-state index contributed by atoms with van der Waals surface area (Å²) in [6.07, 6.45) is 0.832. The van der Waals surface area contributed by atoms with E-state index in [0.717, 1.165) is 13.0 Å². The first-order valence-electron chi connectivity index (χ1n) is 1.95. The summed E-state index contributed by atoms with van der Waals surface area (Å²) in [6, 6.07) is 0. The molecule has 38 valence electrons. The van der Waals surface area contributed by atoms with Crippen molar-refractivity contribution in [3.63, 3.8) is 0 Å². The van der Waals surface area contributed by atoms with Crippen molar-refractivity contribution in [3.05, 3.63) is 0 Å². The number of aliphatic hydroxyl groups excluding tert-OH is 1. The van der Waals surface area contributed by atoms with E-state index in [-0.39, 0.29) is 36.8 Å². The first-order valence-corrected chi connectivity index (χ1v) is 2.93. The molecule has 1 aliphatic heterocycles. The minimum Gasteiger partial charge on any atom is -1.00 e. The van der Waals surface area contributed by atoms with Crippen molar-refractivity contribution in [2.75, 3.05) is 6.61 Å². The van der Waals surface area contributed by atoms with Crippen molar-refractivity contribution in [2.24, 2.45) is 0 Å². The Morgan fingerprint density at radius 1 is 1.86 bits per heavy atom. The van der Waals surface area contributed by atoms with E-state index in [1.807, 2.05) is 0 Å². The predicted molar refractivity (Wildman–Crippen MR) is 26.0 cm³/mol. The van der Waals surface area contributed by atoms with Crippen LogP contribution >= 0.6 is 8.81 Å². The van der Waals surface area contributed by atoms with Crippen LogP contribution in [-0.4, -0.2) is 17.6 Å². The van der Waals surface area contributed by atoms with Gasteiger partial charge in [0, 0.05) is 15.2 Å². The summed E-state index contributed by atoms with van der Waals surface area (Å²) in [5, 5.41) is 8.62. The van der Waals surface area contributed by atoms with Gasteiger partial charge in [-0.05, 0) is 0 Å². The van der Waals surface area contributed by atoms with Crippen molar-refractivity contribution in [3.8, 4) is 0 Å². The van der Waals surface area contributed by atoms with E-state index in [2.05, 4.69) is 0 Å². The molecule has 1 saturated heterocycles. The quantitative estimate of drug-likeness (QED) is 0.288. The fourth-order valence-corrected chi connectivity index (χ4v) is 1.05. The van der Waals surface area contributed by atoms with E-state index in [4.69, 9.17) is 9.63 Å². The molecule has 0 saturated carbocycles. The van der Waals surface area contributed by atoms with Gasteiger partial charge in [0.15, 0.2) is 0 Å². The van der Waals surface area contributed by atoms with Crippen molar-refractivity contribution in [1.82, 2.24) is 0 Å². The molecule has 0 amide bonds. The molecule has 1 fully saturated rings. The molecule has 7 heavy (non-hydrogen) atoms. The molecule has 0 spiro atoms. The average Bonchev–Trinajstić information content (AvgIpc) is 1.86. The van der Waals surface area contributed by atoms with E-state index in [0.29, 0.717) is 8.81 Å². The minimum atomic E-state index is -0.148. The van der Waals surface area contributed by atoms with E-state index in [9.17, 15) is 0 Å². The number of rotatable bonds is 0. The van der Waals surface area contributed by atoms with Gasteiger partial charge in [0.2, 0.25) is 0 Å². The Balaban J connectivity index is 0.